The Bertz CT molecular complexity index is 437. The van der Waals surface area contributed by atoms with Gasteiger partial charge in [-0.15, -0.1) is 0 Å². The topological polar surface area (TPSA) is 89.5 Å². The van der Waals surface area contributed by atoms with Crippen LogP contribution in [0.4, 0.5) is 0 Å². The molecule has 0 amide bonds. The maximum atomic E-state index is 8.52. The number of hydrogen-bond donors (Lipinski definition) is 0. The molecule has 0 heterocycles. The first-order valence-corrected chi connectivity index (χ1v) is 5.89. The van der Waals surface area contributed by atoms with Gasteiger partial charge in [0.15, 0.2) is 0 Å². The van der Waals surface area contributed by atoms with Crippen molar-refractivity contribution in [1.29, 1.82) is 0 Å². The van der Waals surface area contributed by atoms with E-state index in [2.05, 4.69) is 6.58 Å². The second-order valence-electron chi connectivity index (χ2n) is 2.70. The maximum absolute atomic E-state index is 8.52. The molecular formula is C11H12Na2O5S. The van der Waals surface area contributed by atoms with E-state index in [0.29, 0.717) is 6.61 Å². The zero-order valence-electron chi connectivity index (χ0n) is 11.0. The van der Waals surface area contributed by atoms with Crippen LogP contribution >= 0.6 is 0 Å². The van der Waals surface area contributed by atoms with Crippen LogP contribution in [0.1, 0.15) is 0 Å². The van der Waals surface area contributed by atoms with Crippen molar-refractivity contribution in [2.45, 2.75) is 0 Å². The van der Waals surface area contributed by atoms with Crippen molar-refractivity contribution in [1.82, 2.24) is 0 Å². The fourth-order valence-corrected chi connectivity index (χ4v) is 0.813. The zero-order chi connectivity index (χ0) is 13.1. The predicted molar refractivity (Wildman–Crippen MR) is 61.7 cm³/mol. The SMILES string of the molecule is C=CC=CCOc1ccccc1.O=S(=O)([O-])[O-].[Na+].[Na+]. The molecule has 94 valence electrons. The van der Waals surface area contributed by atoms with Crippen molar-refractivity contribution >= 4 is 10.4 Å². The monoisotopic (exact) mass is 302 g/mol. The summed E-state index contributed by atoms with van der Waals surface area (Å²) < 4.78 is 39.5. The van der Waals surface area contributed by atoms with E-state index in [-0.39, 0.29) is 59.1 Å². The molecule has 0 saturated carbocycles. The van der Waals surface area contributed by atoms with Crippen LogP contribution in [0.15, 0.2) is 55.1 Å². The molecule has 0 spiro atoms. The number of allylic oxidation sites excluding steroid dienone is 2. The molecular weight excluding hydrogens is 290 g/mol. The number of benzene rings is 1. The maximum Gasteiger partial charge on any atom is 1.00 e. The summed E-state index contributed by atoms with van der Waals surface area (Å²) in [4.78, 5) is 0. The number of ether oxygens (including phenoxy) is 1. The van der Waals surface area contributed by atoms with Crippen LogP contribution in [0.2, 0.25) is 0 Å². The van der Waals surface area contributed by atoms with E-state index in [1.807, 2.05) is 42.5 Å². The minimum atomic E-state index is -5.17. The predicted octanol–water partition coefficient (Wildman–Crippen LogP) is -4.52. The second kappa shape index (κ2) is 14.8. The number of hydrogen-bond acceptors (Lipinski definition) is 5. The molecule has 8 heteroatoms. The van der Waals surface area contributed by atoms with Gasteiger partial charge in [0.05, 0.1) is 0 Å². The van der Waals surface area contributed by atoms with Crippen LogP contribution in [-0.4, -0.2) is 24.1 Å². The average molecular weight is 302 g/mol. The Labute approximate surface area is 157 Å². The fourth-order valence-electron chi connectivity index (χ4n) is 0.813. The van der Waals surface area contributed by atoms with Crippen LogP contribution in [0.3, 0.4) is 0 Å². The smallest absolute Gasteiger partial charge is 0.759 e. The Hall–Kier alpha value is 0.370. The van der Waals surface area contributed by atoms with Crippen molar-refractivity contribution < 1.29 is 81.4 Å². The van der Waals surface area contributed by atoms with Gasteiger partial charge in [0, 0.05) is 10.4 Å². The van der Waals surface area contributed by atoms with Crippen molar-refractivity contribution in [2.75, 3.05) is 6.61 Å². The van der Waals surface area contributed by atoms with E-state index in [4.69, 9.17) is 22.3 Å². The van der Waals surface area contributed by atoms with Crippen LogP contribution in [0, 0.1) is 0 Å². The second-order valence-corrected chi connectivity index (χ2v) is 3.51. The average Bonchev–Trinajstić information content (AvgIpc) is 2.24. The summed E-state index contributed by atoms with van der Waals surface area (Å²) in [6, 6.07) is 9.73. The Morgan fingerprint density at radius 3 is 2.05 bits per heavy atom. The zero-order valence-corrected chi connectivity index (χ0v) is 15.8. The van der Waals surface area contributed by atoms with Gasteiger partial charge in [-0.1, -0.05) is 36.9 Å². The molecule has 19 heavy (non-hydrogen) atoms. The first-order valence-electron chi connectivity index (χ1n) is 4.55. The van der Waals surface area contributed by atoms with Gasteiger partial charge in [0.25, 0.3) is 0 Å². The summed E-state index contributed by atoms with van der Waals surface area (Å²) in [5, 5.41) is 0. The van der Waals surface area contributed by atoms with Crippen LogP contribution in [-0.2, 0) is 10.4 Å². The van der Waals surface area contributed by atoms with Crippen molar-refractivity contribution in [3.63, 3.8) is 0 Å². The first kappa shape index (κ1) is 24.4. The van der Waals surface area contributed by atoms with E-state index in [0.717, 1.165) is 5.75 Å². The summed E-state index contributed by atoms with van der Waals surface area (Å²) in [6.07, 6.45) is 5.51. The van der Waals surface area contributed by atoms with Gasteiger partial charge in [-0.2, -0.15) is 0 Å². The van der Waals surface area contributed by atoms with Crippen LogP contribution in [0.25, 0.3) is 0 Å². The van der Waals surface area contributed by atoms with Gasteiger partial charge in [-0.05, 0) is 18.2 Å². The minimum Gasteiger partial charge on any atom is -0.759 e. The van der Waals surface area contributed by atoms with E-state index < -0.39 is 10.4 Å². The molecule has 1 rings (SSSR count). The molecule has 0 bridgehead atoms. The third kappa shape index (κ3) is 23.8. The Balaban J connectivity index is -0.000000320. The van der Waals surface area contributed by atoms with Crippen molar-refractivity contribution in [3.8, 4) is 5.75 Å². The van der Waals surface area contributed by atoms with E-state index >= 15 is 0 Å². The third-order valence-corrected chi connectivity index (χ3v) is 1.36. The summed E-state index contributed by atoms with van der Waals surface area (Å²) >= 11 is 0. The van der Waals surface area contributed by atoms with Crippen molar-refractivity contribution in [3.05, 3.63) is 55.1 Å². The quantitative estimate of drug-likeness (QED) is 0.242. The Morgan fingerprint density at radius 2 is 1.63 bits per heavy atom. The van der Waals surface area contributed by atoms with Gasteiger partial charge in [0.2, 0.25) is 0 Å². The Morgan fingerprint density at radius 1 is 1.16 bits per heavy atom. The summed E-state index contributed by atoms with van der Waals surface area (Å²) in [5.41, 5.74) is 0. The normalized spacial score (nSPS) is 9.37. The molecule has 0 aliphatic rings. The third-order valence-electron chi connectivity index (χ3n) is 1.36. The molecule has 0 aromatic heterocycles. The summed E-state index contributed by atoms with van der Waals surface area (Å²) in [5.74, 6) is 0.895. The van der Waals surface area contributed by atoms with Gasteiger partial charge < -0.3 is 13.8 Å². The van der Waals surface area contributed by atoms with Crippen molar-refractivity contribution in [2.24, 2.45) is 0 Å². The first-order chi connectivity index (χ1) is 7.93. The van der Waals surface area contributed by atoms with Crippen LogP contribution < -0.4 is 63.9 Å². The summed E-state index contributed by atoms with van der Waals surface area (Å²) in [6.45, 7) is 4.16. The van der Waals surface area contributed by atoms with Gasteiger partial charge in [-0.25, -0.2) is 0 Å². The molecule has 5 nitrogen and oxygen atoms in total. The molecule has 0 aliphatic heterocycles. The van der Waals surface area contributed by atoms with Crippen LogP contribution in [0.5, 0.6) is 5.75 Å². The molecule has 0 atom stereocenters. The Kier molecular flexibility index (Phi) is 19.0. The molecule has 0 N–H and O–H groups in total. The fraction of sp³-hybridized carbons (Fsp3) is 0.0909. The van der Waals surface area contributed by atoms with Gasteiger partial charge in [-0.3, -0.25) is 8.42 Å². The molecule has 0 fully saturated rings. The van der Waals surface area contributed by atoms with E-state index in [1.165, 1.54) is 0 Å². The van der Waals surface area contributed by atoms with Gasteiger partial charge >= 0.3 is 59.1 Å². The molecule has 0 saturated heterocycles. The molecule has 0 radical (unpaired) electrons. The summed E-state index contributed by atoms with van der Waals surface area (Å²) in [7, 11) is -5.17. The standard InChI is InChI=1S/C11H12O.2Na.H2O4S/c1-2-3-7-10-12-11-8-5-4-6-9-11;;;1-5(2,3)4/h2-9H,1,10H2;;;(H2,1,2,3,4)/q;2*+1;/p-2. The molecule has 1 aromatic rings. The van der Waals surface area contributed by atoms with E-state index in [1.54, 1.807) is 6.08 Å². The number of para-hydroxylation sites is 1. The van der Waals surface area contributed by atoms with E-state index in [9.17, 15) is 0 Å². The number of rotatable bonds is 4. The largest absolute Gasteiger partial charge is 1.00 e. The molecule has 1 aromatic carbocycles. The molecule has 0 unspecified atom stereocenters. The molecule has 0 aliphatic carbocycles. The van der Waals surface area contributed by atoms with Gasteiger partial charge in [0.1, 0.15) is 12.4 Å². The minimum absolute atomic E-state index is 0.